The SMILES string of the molecule is CC1(c2ccccc2)NC(=O)N(CC(O)COCc2ccco2)C1=O. The molecule has 2 atom stereocenters. The molecule has 3 amide bonds. The van der Waals surface area contributed by atoms with Crippen LogP contribution in [-0.4, -0.2) is 41.2 Å². The fourth-order valence-electron chi connectivity index (χ4n) is 2.78. The summed E-state index contributed by atoms with van der Waals surface area (Å²) in [5.74, 6) is 0.243. The van der Waals surface area contributed by atoms with Crippen molar-refractivity contribution in [3.05, 3.63) is 60.1 Å². The summed E-state index contributed by atoms with van der Waals surface area (Å²) in [5.41, 5.74) is -0.438. The Balaban J connectivity index is 1.59. The number of aliphatic hydroxyl groups is 1. The Hall–Kier alpha value is -2.64. The second kappa shape index (κ2) is 7.08. The lowest BCUT2D eigenvalue weighted by Gasteiger charge is -2.23. The number of carbonyl (C=O) groups is 2. The molecule has 25 heavy (non-hydrogen) atoms. The predicted octanol–water partition coefficient (Wildman–Crippen LogP) is 1.62. The van der Waals surface area contributed by atoms with E-state index in [0.29, 0.717) is 11.3 Å². The van der Waals surface area contributed by atoms with Crippen LogP contribution in [-0.2, 0) is 21.7 Å². The largest absolute Gasteiger partial charge is 0.467 e. The number of carbonyl (C=O) groups excluding carboxylic acids is 2. The fourth-order valence-corrected chi connectivity index (χ4v) is 2.78. The molecule has 2 unspecified atom stereocenters. The first-order valence-corrected chi connectivity index (χ1v) is 7.98. The van der Waals surface area contributed by atoms with E-state index in [2.05, 4.69) is 5.32 Å². The molecular formula is C18H20N2O5. The zero-order valence-electron chi connectivity index (χ0n) is 13.8. The quantitative estimate of drug-likeness (QED) is 0.745. The van der Waals surface area contributed by atoms with Gasteiger partial charge in [-0.3, -0.25) is 9.69 Å². The molecule has 1 aromatic carbocycles. The molecule has 0 spiro atoms. The number of imide groups is 1. The third-order valence-electron chi connectivity index (χ3n) is 4.15. The molecule has 1 aliphatic rings. The molecule has 1 fully saturated rings. The van der Waals surface area contributed by atoms with Crippen LogP contribution in [0.3, 0.4) is 0 Å². The van der Waals surface area contributed by atoms with Crippen LogP contribution in [0.15, 0.2) is 53.1 Å². The van der Waals surface area contributed by atoms with E-state index in [1.54, 1.807) is 43.3 Å². The van der Waals surface area contributed by atoms with Crippen molar-refractivity contribution in [3.63, 3.8) is 0 Å². The first kappa shape index (κ1) is 17.2. The van der Waals surface area contributed by atoms with Gasteiger partial charge in [0.1, 0.15) is 17.9 Å². The number of furan rings is 1. The predicted molar refractivity (Wildman–Crippen MR) is 88.4 cm³/mol. The lowest BCUT2D eigenvalue weighted by Crippen LogP contribution is -2.42. The zero-order chi connectivity index (χ0) is 17.9. The Morgan fingerprint density at radius 3 is 2.68 bits per heavy atom. The molecule has 0 saturated carbocycles. The Labute approximate surface area is 145 Å². The lowest BCUT2D eigenvalue weighted by molar-refractivity contribution is -0.132. The van der Waals surface area contributed by atoms with E-state index in [1.807, 2.05) is 6.07 Å². The second-order valence-corrected chi connectivity index (χ2v) is 6.09. The molecule has 7 nitrogen and oxygen atoms in total. The molecule has 1 aliphatic heterocycles. The van der Waals surface area contributed by atoms with Gasteiger partial charge in [-0.2, -0.15) is 0 Å². The smallest absolute Gasteiger partial charge is 0.325 e. The van der Waals surface area contributed by atoms with Crippen molar-refractivity contribution in [2.24, 2.45) is 0 Å². The summed E-state index contributed by atoms with van der Waals surface area (Å²) in [5, 5.41) is 12.8. The number of nitrogens with one attached hydrogen (secondary N) is 1. The van der Waals surface area contributed by atoms with E-state index in [9.17, 15) is 14.7 Å². The molecule has 0 bridgehead atoms. The van der Waals surface area contributed by atoms with Gasteiger partial charge in [-0.15, -0.1) is 0 Å². The van der Waals surface area contributed by atoms with Gasteiger partial charge in [0.2, 0.25) is 0 Å². The van der Waals surface area contributed by atoms with Crippen molar-refractivity contribution < 1.29 is 23.8 Å². The molecule has 2 N–H and O–H groups in total. The minimum absolute atomic E-state index is 0.0141. The Bertz CT molecular complexity index is 731. The van der Waals surface area contributed by atoms with Crippen molar-refractivity contribution in [1.82, 2.24) is 10.2 Å². The topological polar surface area (TPSA) is 92.0 Å². The van der Waals surface area contributed by atoms with Gasteiger partial charge >= 0.3 is 6.03 Å². The molecule has 7 heteroatoms. The molecule has 0 aliphatic carbocycles. The number of rotatable bonds is 7. The number of hydrogen-bond acceptors (Lipinski definition) is 5. The van der Waals surface area contributed by atoms with Crippen molar-refractivity contribution in [2.75, 3.05) is 13.2 Å². The molecule has 3 rings (SSSR count). The number of benzene rings is 1. The summed E-state index contributed by atoms with van der Waals surface area (Å²) in [4.78, 5) is 25.9. The standard InChI is InChI=1S/C18H20N2O5/c1-18(13-6-3-2-4-7-13)16(22)20(17(23)19-18)10-14(21)11-24-12-15-8-5-9-25-15/h2-9,14,21H,10-12H2,1H3,(H,19,23). The summed E-state index contributed by atoms with van der Waals surface area (Å²) in [7, 11) is 0. The van der Waals surface area contributed by atoms with Crippen LogP contribution in [0.2, 0.25) is 0 Å². The summed E-state index contributed by atoms with van der Waals surface area (Å²) in [6.07, 6.45) is 0.551. The van der Waals surface area contributed by atoms with Crippen LogP contribution in [0.25, 0.3) is 0 Å². The number of amides is 3. The van der Waals surface area contributed by atoms with Crippen LogP contribution in [0.1, 0.15) is 18.2 Å². The third kappa shape index (κ3) is 3.57. The first-order valence-electron chi connectivity index (χ1n) is 7.98. The average molecular weight is 344 g/mol. The van der Waals surface area contributed by atoms with E-state index in [1.165, 1.54) is 6.26 Å². The first-order chi connectivity index (χ1) is 12.0. The third-order valence-corrected chi connectivity index (χ3v) is 4.15. The highest BCUT2D eigenvalue weighted by atomic mass is 16.5. The van der Waals surface area contributed by atoms with Crippen LogP contribution < -0.4 is 5.32 Å². The molecule has 1 aromatic heterocycles. The van der Waals surface area contributed by atoms with E-state index >= 15 is 0 Å². The van der Waals surface area contributed by atoms with Gasteiger partial charge in [-0.1, -0.05) is 30.3 Å². The van der Waals surface area contributed by atoms with E-state index in [-0.39, 0.29) is 19.8 Å². The molecule has 132 valence electrons. The molecule has 1 saturated heterocycles. The monoisotopic (exact) mass is 344 g/mol. The van der Waals surface area contributed by atoms with Crippen molar-refractivity contribution >= 4 is 11.9 Å². The average Bonchev–Trinajstić information content (AvgIpc) is 3.19. The van der Waals surface area contributed by atoms with Crippen molar-refractivity contribution in [3.8, 4) is 0 Å². The highest BCUT2D eigenvalue weighted by Crippen LogP contribution is 2.28. The molecule has 2 aromatic rings. The number of nitrogens with zero attached hydrogens (tertiary/aromatic N) is 1. The van der Waals surface area contributed by atoms with Crippen LogP contribution in [0.5, 0.6) is 0 Å². The van der Waals surface area contributed by atoms with Crippen LogP contribution >= 0.6 is 0 Å². The van der Waals surface area contributed by atoms with Gasteiger partial charge in [-0.25, -0.2) is 4.79 Å². The molecule has 2 heterocycles. The number of β-amino-alcohol motifs (C(OH)–C–C–N with tert-alkyl or cyclic N) is 1. The summed E-state index contributed by atoms with van der Waals surface area (Å²) in [6, 6.07) is 12.0. The van der Waals surface area contributed by atoms with Gasteiger partial charge in [0.05, 0.1) is 25.5 Å². The molecular weight excluding hydrogens is 324 g/mol. The Kier molecular flexibility index (Phi) is 4.87. The number of hydrogen-bond donors (Lipinski definition) is 2. The van der Waals surface area contributed by atoms with Gasteiger partial charge in [-0.05, 0) is 24.6 Å². The summed E-state index contributed by atoms with van der Waals surface area (Å²) < 4.78 is 10.5. The highest BCUT2D eigenvalue weighted by molar-refractivity contribution is 6.07. The van der Waals surface area contributed by atoms with Gasteiger partial charge in [0, 0.05) is 0 Å². The van der Waals surface area contributed by atoms with Gasteiger partial charge in [0.25, 0.3) is 5.91 Å². The van der Waals surface area contributed by atoms with Gasteiger partial charge < -0.3 is 19.6 Å². The lowest BCUT2D eigenvalue weighted by atomic mass is 9.92. The zero-order valence-corrected chi connectivity index (χ0v) is 13.8. The Morgan fingerprint density at radius 1 is 1.24 bits per heavy atom. The Morgan fingerprint density at radius 2 is 2.00 bits per heavy atom. The number of aliphatic hydroxyl groups excluding tert-OH is 1. The van der Waals surface area contributed by atoms with E-state index < -0.39 is 23.6 Å². The summed E-state index contributed by atoms with van der Waals surface area (Å²) in [6.45, 7) is 1.72. The minimum Gasteiger partial charge on any atom is -0.467 e. The van der Waals surface area contributed by atoms with Crippen molar-refractivity contribution in [1.29, 1.82) is 0 Å². The van der Waals surface area contributed by atoms with E-state index in [4.69, 9.17) is 9.15 Å². The maximum absolute atomic E-state index is 12.7. The highest BCUT2D eigenvalue weighted by Gasteiger charge is 2.49. The number of urea groups is 1. The molecule has 0 radical (unpaired) electrons. The van der Waals surface area contributed by atoms with Crippen molar-refractivity contribution in [2.45, 2.75) is 25.2 Å². The number of ether oxygens (including phenoxy) is 1. The van der Waals surface area contributed by atoms with Gasteiger partial charge in [0.15, 0.2) is 0 Å². The normalized spacial score (nSPS) is 21.4. The van der Waals surface area contributed by atoms with Crippen LogP contribution in [0, 0.1) is 0 Å². The maximum atomic E-state index is 12.7. The van der Waals surface area contributed by atoms with E-state index in [0.717, 1.165) is 4.90 Å². The fraction of sp³-hybridized carbons (Fsp3) is 0.333. The summed E-state index contributed by atoms with van der Waals surface area (Å²) >= 11 is 0. The van der Waals surface area contributed by atoms with Crippen LogP contribution in [0.4, 0.5) is 4.79 Å². The maximum Gasteiger partial charge on any atom is 0.325 e. The second-order valence-electron chi connectivity index (χ2n) is 6.09. The minimum atomic E-state index is -1.13.